The van der Waals surface area contributed by atoms with Crippen molar-refractivity contribution in [3.8, 4) is 0 Å². The van der Waals surface area contributed by atoms with Crippen LogP contribution in [0.3, 0.4) is 0 Å². The molecule has 0 aliphatic rings. The third kappa shape index (κ3) is 5.59. The zero-order chi connectivity index (χ0) is 5.54. The van der Waals surface area contributed by atoms with Crippen LogP contribution in [0.2, 0.25) is 0 Å². The Morgan fingerprint density at radius 2 is 2.43 bits per heavy atom. The van der Waals surface area contributed by atoms with Gasteiger partial charge in [-0.2, -0.15) is 0 Å². The number of carbonyl (C=O) groups excluding carboxylic acids is 1. The fraction of sp³-hybridized carbons (Fsp3) is 0.500. The van der Waals surface area contributed by atoms with E-state index in [1.54, 1.807) is 0 Å². The molecule has 0 atom stereocenters. The molecule has 0 unspecified atom stereocenters. The van der Waals surface area contributed by atoms with E-state index in [1.165, 1.54) is 6.54 Å². The van der Waals surface area contributed by atoms with Crippen LogP contribution in [0.5, 0.6) is 0 Å². The zero-order valence-corrected chi connectivity index (χ0v) is 3.92. The summed E-state index contributed by atoms with van der Waals surface area (Å²) in [5, 5.41) is 10.6. The number of rotatable bonds is 4. The minimum atomic E-state index is 0.0599. The molecule has 0 heterocycles. The first-order valence-electron chi connectivity index (χ1n) is 2.03. The summed E-state index contributed by atoms with van der Waals surface area (Å²) in [7, 11) is 0. The molecule has 0 aromatic rings. The Kier molecular flexibility index (Phi) is 5.26. The second kappa shape index (κ2) is 5.59. The predicted molar refractivity (Wildman–Crippen MR) is 25.5 cm³/mol. The lowest BCUT2D eigenvalue weighted by molar-refractivity contribution is -0.105. The van der Waals surface area contributed by atoms with Gasteiger partial charge in [0, 0.05) is 6.54 Å². The Morgan fingerprint density at radius 1 is 1.71 bits per heavy atom. The third-order valence-corrected chi connectivity index (χ3v) is 0.442. The first kappa shape index (κ1) is 6.59. The maximum absolute atomic E-state index is 9.48. The molecule has 3 heteroatoms. The van der Waals surface area contributed by atoms with Gasteiger partial charge in [-0.05, 0) is 0 Å². The number of hydrogen-bond acceptors (Lipinski definition) is 3. The molecule has 7 heavy (non-hydrogen) atoms. The molecule has 0 fully saturated rings. The van der Waals surface area contributed by atoms with Crippen LogP contribution in [0.1, 0.15) is 0 Å². The van der Waals surface area contributed by atoms with Crippen molar-refractivity contribution in [1.82, 2.24) is 5.32 Å². The van der Waals surface area contributed by atoms with Crippen molar-refractivity contribution in [1.29, 1.82) is 0 Å². The van der Waals surface area contributed by atoms with Crippen molar-refractivity contribution in [2.24, 2.45) is 0 Å². The molecule has 0 bridgehead atoms. The summed E-state index contributed by atoms with van der Waals surface area (Å²) < 4.78 is 0. The lowest BCUT2D eigenvalue weighted by Gasteiger charge is -1.90. The quantitative estimate of drug-likeness (QED) is 0.351. The fourth-order valence-corrected chi connectivity index (χ4v) is 0.196. The number of aliphatic hydroxyl groups is 1. The van der Waals surface area contributed by atoms with Gasteiger partial charge in [0.05, 0.1) is 13.2 Å². The first-order chi connectivity index (χ1) is 3.41. The van der Waals surface area contributed by atoms with Gasteiger partial charge in [0.25, 0.3) is 0 Å². The van der Waals surface area contributed by atoms with Gasteiger partial charge in [-0.1, -0.05) is 0 Å². The molecule has 0 aromatic carbocycles. The number of hydrogen-bond donors (Lipinski definition) is 2. The van der Waals surface area contributed by atoms with E-state index in [-0.39, 0.29) is 6.61 Å². The number of aliphatic hydroxyl groups excluding tert-OH is 1. The molecule has 0 aliphatic carbocycles. The van der Waals surface area contributed by atoms with Gasteiger partial charge in [-0.3, -0.25) is 0 Å². The van der Waals surface area contributed by atoms with E-state index in [2.05, 4.69) is 5.32 Å². The van der Waals surface area contributed by atoms with Gasteiger partial charge in [0.2, 0.25) is 0 Å². The van der Waals surface area contributed by atoms with E-state index in [4.69, 9.17) is 5.11 Å². The van der Waals surface area contributed by atoms with Gasteiger partial charge in [0.1, 0.15) is 6.29 Å². The van der Waals surface area contributed by atoms with E-state index < -0.39 is 0 Å². The fourth-order valence-electron chi connectivity index (χ4n) is 0.196. The maximum Gasteiger partial charge on any atom is 0.138 e. The number of aldehydes is 1. The van der Waals surface area contributed by atoms with Crippen molar-refractivity contribution < 1.29 is 9.90 Å². The van der Waals surface area contributed by atoms with Gasteiger partial charge >= 0.3 is 0 Å². The van der Waals surface area contributed by atoms with Crippen molar-refractivity contribution in [3.63, 3.8) is 0 Å². The second-order valence-electron chi connectivity index (χ2n) is 0.980. The number of nitrogens with one attached hydrogen (secondary N) is 1. The standard InChI is InChI=1S/C4H8NO2/c6-3-1-5-2-4-7/h1,3,5,7H,2,4H2. The third-order valence-electron chi connectivity index (χ3n) is 0.442. The van der Waals surface area contributed by atoms with Crippen LogP contribution in [0.4, 0.5) is 0 Å². The Bertz CT molecular complexity index is 47.0. The van der Waals surface area contributed by atoms with E-state index >= 15 is 0 Å². The van der Waals surface area contributed by atoms with Gasteiger partial charge in [0.15, 0.2) is 0 Å². The summed E-state index contributed by atoms with van der Waals surface area (Å²) >= 11 is 0. The molecule has 0 saturated carbocycles. The maximum atomic E-state index is 9.48. The second-order valence-corrected chi connectivity index (χ2v) is 0.980. The lowest BCUT2D eigenvalue weighted by Crippen LogP contribution is -2.14. The zero-order valence-electron chi connectivity index (χ0n) is 3.92. The average Bonchev–Trinajstić information content (AvgIpc) is 1.69. The first-order valence-corrected chi connectivity index (χ1v) is 2.03. The highest BCUT2D eigenvalue weighted by Crippen LogP contribution is 1.56. The molecular weight excluding hydrogens is 94.0 g/mol. The molecule has 0 spiro atoms. The minimum Gasteiger partial charge on any atom is -0.395 e. The Balaban J connectivity index is 2.56. The molecule has 0 aromatic heterocycles. The highest BCUT2D eigenvalue weighted by molar-refractivity contribution is 5.59. The van der Waals surface area contributed by atoms with Gasteiger partial charge < -0.3 is 15.2 Å². The van der Waals surface area contributed by atoms with Gasteiger partial charge in [-0.15, -0.1) is 0 Å². The van der Waals surface area contributed by atoms with Crippen molar-refractivity contribution >= 4 is 6.29 Å². The molecule has 0 saturated heterocycles. The highest BCUT2D eigenvalue weighted by atomic mass is 16.3. The van der Waals surface area contributed by atoms with E-state index in [1.807, 2.05) is 0 Å². The lowest BCUT2D eigenvalue weighted by atomic mass is 10.6. The number of carbonyl (C=O) groups is 1. The molecule has 3 nitrogen and oxygen atoms in total. The predicted octanol–water partition coefficient (Wildman–Crippen LogP) is -1.07. The summed E-state index contributed by atoms with van der Waals surface area (Å²) in [6.45, 7) is 1.75. The molecular formula is C4H8NO2. The SMILES string of the molecule is O=C[CH]NCCO. The molecule has 0 amide bonds. The van der Waals surface area contributed by atoms with Gasteiger partial charge in [-0.25, -0.2) is 0 Å². The Hall–Kier alpha value is -0.410. The van der Waals surface area contributed by atoms with Crippen molar-refractivity contribution in [2.75, 3.05) is 13.2 Å². The molecule has 2 N–H and O–H groups in total. The summed E-state index contributed by atoms with van der Waals surface area (Å²) in [5.74, 6) is 0. The van der Waals surface area contributed by atoms with Crippen LogP contribution in [0, 0.1) is 6.54 Å². The van der Waals surface area contributed by atoms with Crippen LogP contribution < -0.4 is 5.32 Å². The average molecular weight is 102 g/mol. The summed E-state index contributed by atoms with van der Waals surface area (Å²) in [6, 6.07) is 0. The summed E-state index contributed by atoms with van der Waals surface area (Å²) in [5.41, 5.74) is 0. The normalized spacial score (nSPS) is 8.71. The van der Waals surface area contributed by atoms with E-state index in [0.717, 1.165) is 0 Å². The van der Waals surface area contributed by atoms with Crippen LogP contribution in [0.25, 0.3) is 0 Å². The summed E-state index contributed by atoms with van der Waals surface area (Å²) in [6.07, 6.45) is 0.635. The van der Waals surface area contributed by atoms with Crippen LogP contribution >= 0.6 is 0 Å². The van der Waals surface area contributed by atoms with Crippen molar-refractivity contribution in [2.45, 2.75) is 0 Å². The molecule has 41 valence electrons. The minimum absolute atomic E-state index is 0.0599. The smallest absolute Gasteiger partial charge is 0.138 e. The van der Waals surface area contributed by atoms with Crippen molar-refractivity contribution in [3.05, 3.63) is 6.54 Å². The van der Waals surface area contributed by atoms with Crippen LogP contribution in [0.15, 0.2) is 0 Å². The molecule has 0 rings (SSSR count). The highest BCUT2D eigenvalue weighted by Gasteiger charge is 1.78. The van der Waals surface area contributed by atoms with Crippen LogP contribution in [-0.2, 0) is 4.79 Å². The van der Waals surface area contributed by atoms with E-state index in [0.29, 0.717) is 12.8 Å². The van der Waals surface area contributed by atoms with Crippen LogP contribution in [-0.4, -0.2) is 24.5 Å². The summed E-state index contributed by atoms with van der Waals surface area (Å²) in [4.78, 5) is 9.48. The molecule has 1 radical (unpaired) electrons. The molecule has 0 aliphatic heterocycles. The monoisotopic (exact) mass is 102 g/mol. The largest absolute Gasteiger partial charge is 0.395 e. The Labute approximate surface area is 42.3 Å². The Morgan fingerprint density at radius 3 is 2.86 bits per heavy atom. The van der Waals surface area contributed by atoms with E-state index in [9.17, 15) is 4.79 Å². The topological polar surface area (TPSA) is 49.3 Å².